The van der Waals surface area contributed by atoms with Crippen LogP contribution in [0.2, 0.25) is 0 Å². The van der Waals surface area contributed by atoms with Crippen molar-refractivity contribution in [1.82, 2.24) is 0 Å². The maximum Gasteiger partial charge on any atom is 0.0274 e. The normalized spacial score (nSPS) is 11.2. The zero-order chi connectivity index (χ0) is 9.78. The summed E-state index contributed by atoms with van der Waals surface area (Å²) in [5.74, 6) is 0. The highest BCUT2D eigenvalue weighted by atomic mass is 79.9. The highest BCUT2D eigenvalue weighted by molar-refractivity contribution is 9.10. The van der Waals surface area contributed by atoms with Crippen molar-refractivity contribution in [2.24, 2.45) is 0 Å². The van der Waals surface area contributed by atoms with E-state index in [-0.39, 0.29) is 0 Å². The molecular weight excluding hydrogens is 224 g/mol. The second-order valence-electron chi connectivity index (χ2n) is 3.58. The SMILES string of the molecule is CCCCCCCCCC/C=[C]\Br. The molecule has 13 heavy (non-hydrogen) atoms. The van der Waals surface area contributed by atoms with E-state index in [9.17, 15) is 0 Å². The minimum absolute atomic E-state index is 1.18. The average molecular weight is 246 g/mol. The van der Waals surface area contributed by atoms with Gasteiger partial charge in [-0.05, 0) is 28.8 Å². The molecule has 0 aromatic carbocycles. The van der Waals surface area contributed by atoms with Crippen molar-refractivity contribution in [1.29, 1.82) is 0 Å². The Bertz CT molecular complexity index is 108. The van der Waals surface area contributed by atoms with E-state index in [0.717, 1.165) is 0 Å². The monoisotopic (exact) mass is 245 g/mol. The largest absolute Gasteiger partial charge is 0.0691 e. The van der Waals surface area contributed by atoms with Gasteiger partial charge in [-0.1, -0.05) is 57.9 Å². The minimum atomic E-state index is 1.18. The van der Waals surface area contributed by atoms with Gasteiger partial charge in [-0.2, -0.15) is 0 Å². The summed E-state index contributed by atoms with van der Waals surface area (Å²) >= 11 is 3.16. The lowest BCUT2D eigenvalue weighted by Gasteiger charge is -1.99. The summed E-state index contributed by atoms with van der Waals surface area (Å²) in [7, 11) is 0. The van der Waals surface area contributed by atoms with Crippen molar-refractivity contribution in [3.63, 3.8) is 0 Å². The van der Waals surface area contributed by atoms with Gasteiger partial charge in [0.2, 0.25) is 0 Å². The zero-order valence-corrected chi connectivity index (χ0v) is 10.4. The molecule has 77 valence electrons. The molecule has 0 aliphatic heterocycles. The zero-order valence-electron chi connectivity index (χ0n) is 8.82. The Hall–Kier alpha value is 0.220. The molecule has 1 radical (unpaired) electrons. The van der Waals surface area contributed by atoms with Gasteiger partial charge in [0.25, 0.3) is 0 Å². The number of hydrogen-bond donors (Lipinski definition) is 0. The van der Waals surface area contributed by atoms with Crippen LogP contribution in [0.1, 0.15) is 64.7 Å². The maximum absolute atomic E-state index is 3.16. The number of unbranched alkanes of at least 4 members (excludes halogenated alkanes) is 8. The molecule has 0 spiro atoms. The van der Waals surface area contributed by atoms with Crippen molar-refractivity contribution in [3.8, 4) is 0 Å². The molecule has 0 rings (SSSR count). The van der Waals surface area contributed by atoms with E-state index in [4.69, 9.17) is 0 Å². The van der Waals surface area contributed by atoms with E-state index in [0.29, 0.717) is 0 Å². The van der Waals surface area contributed by atoms with Gasteiger partial charge in [0, 0.05) is 4.99 Å². The summed E-state index contributed by atoms with van der Waals surface area (Å²) in [4.78, 5) is 2.87. The van der Waals surface area contributed by atoms with Gasteiger partial charge in [-0.3, -0.25) is 0 Å². The van der Waals surface area contributed by atoms with Crippen molar-refractivity contribution < 1.29 is 0 Å². The van der Waals surface area contributed by atoms with Gasteiger partial charge < -0.3 is 0 Å². The lowest BCUT2D eigenvalue weighted by molar-refractivity contribution is 0.577. The van der Waals surface area contributed by atoms with Gasteiger partial charge >= 0.3 is 0 Å². The summed E-state index contributed by atoms with van der Waals surface area (Å²) in [5, 5.41) is 0. The first-order valence-electron chi connectivity index (χ1n) is 5.59. The van der Waals surface area contributed by atoms with E-state index < -0.39 is 0 Å². The quantitative estimate of drug-likeness (QED) is 0.489. The maximum atomic E-state index is 3.16. The van der Waals surface area contributed by atoms with E-state index in [2.05, 4.69) is 33.9 Å². The summed E-state index contributed by atoms with van der Waals surface area (Å²) in [5.41, 5.74) is 0. The lowest BCUT2D eigenvalue weighted by atomic mass is 10.1. The minimum Gasteiger partial charge on any atom is -0.0691 e. The highest BCUT2D eigenvalue weighted by Gasteiger charge is 1.89. The standard InChI is InChI=1S/C12H22Br/c1-2-3-4-5-6-7-8-9-10-11-12-13/h11H,2-10H2,1H3. The average Bonchev–Trinajstić information content (AvgIpc) is 2.16. The summed E-state index contributed by atoms with van der Waals surface area (Å²) in [6.45, 7) is 2.27. The molecule has 0 nitrogen and oxygen atoms in total. The van der Waals surface area contributed by atoms with Crippen LogP contribution in [0.25, 0.3) is 0 Å². The Labute approximate surface area is 91.9 Å². The van der Waals surface area contributed by atoms with Crippen LogP contribution in [0.15, 0.2) is 6.08 Å². The van der Waals surface area contributed by atoms with E-state index in [1.165, 1.54) is 57.8 Å². The highest BCUT2D eigenvalue weighted by Crippen LogP contribution is 2.09. The summed E-state index contributed by atoms with van der Waals surface area (Å²) in [6.07, 6.45) is 14.5. The third-order valence-electron chi connectivity index (χ3n) is 2.28. The molecule has 0 N–H and O–H groups in total. The van der Waals surface area contributed by atoms with Crippen molar-refractivity contribution >= 4 is 15.9 Å². The topological polar surface area (TPSA) is 0 Å². The Balaban J connectivity index is 2.83. The smallest absolute Gasteiger partial charge is 0.0274 e. The first kappa shape index (κ1) is 13.2. The molecule has 0 aliphatic rings. The fourth-order valence-electron chi connectivity index (χ4n) is 1.43. The molecule has 0 fully saturated rings. The van der Waals surface area contributed by atoms with Crippen LogP contribution in [0.3, 0.4) is 0 Å². The molecule has 0 heterocycles. The molecule has 0 atom stereocenters. The Kier molecular flexibility index (Phi) is 12.4. The molecule has 1 heteroatoms. The molecule has 0 amide bonds. The van der Waals surface area contributed by atoms with Crippen LogP contribution in [0.4, 0.5) is 0 Å². The van der Waals surface area contributed by atoms with Crippen LogP contribution in [-0.4, -0.2) is 0 Å². The third-order valence-corrected chi connectivity index (χ3v) is 2.60. The van der Waals surface area contributed by atoms with E-state index in [1.54, 1.807) is 0 Å². The van der Waals surface area contributed by atoms with Crippen LogP contribution in [0.5, 0.6) is 0 Å². The van der Waals surface area contributed by atoms with Crippen molar-refractivity contribution in [2.75, 3.05) is 0 Å². The molecule has 0 aliphatic carbocycles. The predicted molar refractivity (Wildman–Crippen MR) is 64.0 cm³/mol. The number of halogens is 1. The molecule has 0 aromatic heterocycles. The molecule has 0 saturated heterocycles. The van der Waals surface area contributed by atoms with Gasteiger partial charge in [-0.25, -0.2) is 0 Å². The summed E-state index contributed by atoms with van der Waals surface area (Å²) < 4.78 is 0. The van der Waals surface area contributed by atoms with Gasteiger partial charge in [-0.15, -0.1) is 0 Å². The van der Waals surface area contributed by atoms with Crippen LogP contribution < -0.4 is 0 Å². The number of rotatable bonds is 9. The molecule has 0 bridgehead atoms. The Morgan fingerprint density at radius 1 is 0.923 bits per heavy atom. The first-order valence-corrected chi connectivity index (χ1v) is 6.39. The second-order valence-corrected chi connectivity index (χ2v) is 4.03. The van der Waals surface area contributed by atoms with E-state index >= 15 is 0 Å². The summed E-state index contributed by atoms with van der Waals surface area (Å²) in [6, 6.07) is 0. The fraction of sp³-hybridized carbons (Fsp3) is 0.833. The number of allylic oxidation sites excluding steroid dienone is 1. The van der Waals surface area contributed by atoms with Crippen molar-refractivity contribution in [3.05, 3.63) is 11.1 Å². The third kappa shape index (κ3) is 12.2. The number of hydrogen-bond acceptors (Lipinski definition) is 0. The molecule has 0 saturated carbocycles. The lowest BCUT2D eigenvalue weighted by Crippen LogP contribution is -1.79. The molecule has 0 unspecified atom stereocenters. The Morgan fingerprint density at radius 3 is 2.00 bits per heavy atom. The van der Waals surface area contributed by atoms with Crippen LogP contribution in [-0.2, 0) is 0 Å². The van der Waals surface area contributed by atoms with Crippen LogP contribution >= 0.6 is 15.9 Å². The van der Waals surface area contributed by atoms with Gasteiger partial charge in [0.05, 0.1) is 0 Å². The van der Waals surface area contributed by atoms with Gasteiger partial charge in [0.1, 0.15) is 0 Å². The van der Waals surface area contributed by atoms with E-state index in [1.807, 2.05) is 0 Å². The second kappa shape index (κ2) is 12.2. The first-order chi connectivity index (χ1) is 6.41. The van der Waals surface area contributed by atoms with Crippen molar-refractivity contribution in [2.45, 2.75) is 64.7 Å². The van der Waals surface area contributed by atoms with Crippen LogP contribution in [0, 0.1) is 4.99 Å². The van der Waals surface area contributed by atoms with Gasteiger partial charge in [0.15, 0.2) is 0 Å². The molecular formula is C12H22Br. The Morgan fingerprint density at radius 2 is 1.46 bits per heavy atom. The fourth-order valence-corrected chi connectivity index (χ4v) is 1.66. The predicted octanol–water partition coefficient (Wildman–Crippen LogP) is 5.23. The molecule has 0 aromatic rings.